The van der Waals surface area contributed by atoms with Crippen LogP contribution in [0.3, 0.4) is 0 Å². The Kier molecular flexibility index (Phi) is 7.17. The van der Waals surface area contributed by atoms with Crippen molar-refractivity contribution in [3.05, 3.63) is 35.9 Å². The van der Waals surface area contributed by atoms with Gasteiger partial charge in [-0.3, -0.25) is 19.2 Å². The van der Waals surface area contributed by atoms with E-state index in [2.05, 4.69) is 0 Å². The summed E-state index contributed by atoms with van der Waals surface area (Å²) in [6, 6.07) is 5.54. The predicted octanol–water partition coefficient (Wildman–Crippen LogP) is 0.224. The third kappa shape index (κ3) is 4.33. The van der Waals surface area contributed by atoms with Crippen molar-refractivity contribution in [2.24, 2.45) is 22.8 Å². The fourth-order valence-electron chi connectivity index (χ4n) is 2.77. The monoisotopic (exact) mass is 364 g/mol. The number of rotatable bonds is 10. The Morgan fingerprint density at radius 2 is 1.38 bits per heavy atom. The molecule has 0 saturated heterocycles. The molecular formula is C18H24N2O6. The standard InChI is InChI=1S/C18H24N2O6/c1-10(2)8-12(19)14(21)18(16(23)24,17(25)26)15(22)13(20)9-11-6-4-3-5-7-11/h3-7,10,12-13H,8-9,19-20H2,1-2H3,(H,23,24)(H,25,26). The number of aliphatic carboxylic acids is 2. The maximum Gasteiger partial charge on any atom is 0.336 e. The zero-order valence-electron chi connectivity index (χ0n) is 14.7. The number of carbonyl (C=O) groups excluding carboxylic acids is 2. The smallest absolute Gasteiger partial charge is 0.336 e. The average molecular weight is 364 g/mol. The van der Waals surface area contributed by atoms with Crippen molar-refractivity contribution >= 4 is 23.5 Å². The highest BCUT2D eigenvalue weighted by Gasteiger charge is 2.62. The summed E-state index contributed by atoms with van der Waals surface area (Å²) in [5.74, 6) is -7.00. The first-order valence-electron chi connectivity index (χ1n) is 8.15. The molecule has 142 valence electrons. The quantitative estimate of drug-likeness (QED) is 0.429. The van der Waals surface area contributed by atoms with Gasteiger partial charge in [0.1, 0.15) is 0 Å². The van der Waals surface area contributed by atoms with E-state index < -0.39 is 41.0 Å². The van der Waals surface area contributed by atoms with Crippen LogP contribution in [-0.2, 0) is 25.6 Å². The van der Waals surface area contributed by atoms with Crippen LogP contribution in [0, 0.1) is 11.3 Å². The van der Waals surface area contributed by atoms with Gasteiger partial charge in [-0.15, -0.1) is 0 Å². The molecule has 0 amide bonds. The Labute approximate surface area is 151 Å². The number of nitrogens with two attached hydrogens (primary N) is 2. The minimum atomic E-state index is -3.32. The van der Waals surface area contributed by atoms with E-state index in [1.807, 2.05) is 0 Å². The molecule has 0 bridgehead atoms. The minimum Gasteiger partial charge on any atom is -0.480 e. The average Bonchev–Trinajstić information content (AvgIpc) is 2.54. The van der Waals surface area contributed by atoms with Crippen LogP contribution in [0.5, 0.6) is 0 Å². The molecule has 6 N–H and O–H groups in total. The normalized spacial score (nSPS) is 13.9. The lowest BCUT2D eigenvalue weighted by molar-refractivity contribution is -0.172. The van der Waals surface area contributed by atoms with Crippen molar-refractivity contribution in [2.45, 2.75) is 38.8 Å². The fraction of sp³-hybridized carbons (Fsp3) is 0.444. The first-order valence-corrected chi connectivity index (χ1v) is 8.15. The van der Waals surface area contributed by atoms with Crippen molar-refractivity contribution in [1.29, 1.82) is 0 Å². The molecule has 2 unspecified atom stereocenters. The molecule has 8 heteroatoms. The third-order valence-electron chi connectivity index (χ3n) is 4.08. The Morgan fingerprint density at radius 3 is 1.81 bits per heavy atom. The van der Waals surface area contributed by atoms with Crippen LogP contribution in [0.1, 0.15) is 25.8 Å². The van der Waals surface area contributed by atoms with Gasteiger partial charge >= 0.3 is 11.9 Å². The lowest BCUT2D eigenvalue weighted by Crippen LogP contribution is -2.62. The van der Waals surface area contributed by atoms with Gasteiger partial charge in [-0.25, -0.2) is 0 Å². The molecule has 0 aliphatic rings. The maximum atomic E-state index is 12.7. The van der Waals surface area contributed by atoms with Gasteiger partial charge in [0.25, 0.3) is 5.41 Å². The van der Waals surface area contributed by atoms with Crippen LogP contribution in [0.15, 0.2) is 30.3 Å². The predicted molar refractivity (Wildman–Crippen MR) is 93.3 cm³/mol. The van der Waals surface area contributed by atoms with Crippen molar-refractivity contribution in [2.75, 3.05) is 0 Å². The molecule has 26 heavy (non-hydrogen) atoms. The molecule has 8 nitrogen and oxygen atoms in total. The van der Waals surface area contributed by atoms with Gasteiger partial charge < -0.3 is 21.7 Å². The molecule has 0 radical (unpaired) electrons. The molecule has 1 aromatic carbocycles. The lowest BCUT2D eigenvalue weighted by atomic mass is 9.72. The fourth-order valence-corrected chi connectivity index (χ4v) is 2.77. The van der Waals surface area contributed by atoms with Gasteiger partial charge in [-0.2, -0.15) is 0 Å². The number of carboxylic acid groups (broad SMARTS) is 2. The summed E-state index contributed by atoms with van der Waals surface area (Å²) in [5.41, 5.74) is 8.77. The number of hydrogen-bond donors (Lipinski definition) is 4. The van der Waals surface area contributed by atoms with E-state index in [0.717, 1.165) is 0 Å². The number of Topliss-reactive ketones (excluding diaryl/α,β-unsaturated/α-hetero) is 2. The number of carbonyl (C=O) groups is 4. The molecule has 1 aromatic rings. The summed E-state index contributed by atoms with van der Waals surface area (Å²) in [7, 11) is 0. The van der Waals surface area contributed by atoms with Crippen molar-refractivity contribution in [3.63, 3.8) is 0 Å². The van der Waals surface area contributed by atoms with E-state index in [-0.39, 0.29) is 18.8 Å². The largest absolute Gasteiger partial charge is 0.480 e. The Balaban J connectivity index is 3.27. The molecule has 0 fully saturated rings. The topological polar surface area (TPSA) is 161 Å². The van der Waals surface area contributed by atoms with E-state index in [0.29, 0.717) is 5.56 Å². The van der Waals surface area contributed by atoms with Crippen LogP contribution in [0.2, 0.25) is 0 Å². The van der Waals surface area contributed by atoms with Gasteiger partial charge in [0.2, 0.25) is 0 Å². The van der Waals surface area contributed by atoms with E-state index >= 15 is 0 Å². The molecule has 0 aromatic heterocycles. The second-order valence-electron chi connectivity index (χ2n) is 6.62. The molecule has 0 saturated carbocycles. The van der Waals surface area contributed by atoms with Gasteiger partial charge in [0.05, 0.1) is 12.1 Å². The van der Waals surface area contributed by atoms with Gasteiger partial charge in [-0.05, 0) is 24.3 Å². The summed E-state index contributed by atoms with van der Waals surface area (Å²) in [4.78, 5) is 48.9. The van der Waals surface area contributed by atoms with E-state index in [1.54, 1.807) is 44.2 Å². The second-order valence-corrected chi connectivity index (χ2v) is 6.62. The highest BCUT2D eigenvalue weighted by atomic mass is 16.4. The summed E-state index contributed by atoms with van der Waals surface area (Å²) in [5, 5.41) is 19.0. The van der Waals surface area contributed by atoms with Gasteiger partial charge in [0.15, 0.2) is 11.6 Å². The van der Waals surface area contributed by atoms with Crippen molar-refractivity contribution in [3.8, 4) is 0 Å². The summed E-state index contributed by atoms with van der Waals surface area (Å²) in [6.45, 7) is 3.47. The van der Waals surface area contributed by atoms with Crippen LogP contribution in [0.4, 0.5) is 0 Å². The van der Waals surface area contributed by atoms with E-state index in [4.69, 9.17) is 11.5 Å². The number of hydrogen-bond acceptors (Lipinski definition) is 6. The molecular weight excluding hydrogens is 340 g/mol. The zero-order valence-corrected chi connectivity index (χ0v) is 14.7. The Bertz CT molecular complexity index is 672. The van der Waals surface area contributed by atoms with Crippen molar-refractivity contribution in [1.82, 2.24) is 0 Å². The second kappa shape index (κ2) is 8.68. The SMILES string of the molecule is CC(C)CC(N)C(=O)C(C(=O)O)(C(=O)O)C(=O)C(N)Cc1ccccc1. The van der Waals surface area contributed by atoms with Crippen LogP contribution >= 0.6 is 0 Å². The molecule has 0 aliphatic heterocycles. The number of ketones is 2. The summed E-state index contributed by atoms with van der Waals surface area (Å²) in [6.07, 6.45) is -0.0585. The van der Waals surface area contributed by atoms with Gasteiger partial charge in [0, 0.05) is 0 Å². The molecule has 1 rings (SSSR count). The first-order chi connectivity index (χ1) is 12.0. The summed E-state index contributed by atoms with van der Waals surface area (Å²) >= 11 is 0. The highest BCUT2D eigenvalue weighted by Crippen LogP contribution is 2.27. The van der Waals surface area contributed by atoms with E-state index in [1.165, 1.54) is 0 Å². The number of carboxylic acids is 2. The van der Waals surface area contributed by atoms with Gasteiger partial charge in [-0.1, -0.05) is 44.2 Å². The zero-order chi connectivity index (χ0) is 20.1. The molecule has 2 atom stereocenters. The van der Waals surface area contributed by atoms with E-state index in [9.17, 15) is 29.4 Å². The number of benzene rings is 1. The first kappa shape index (κ1) is 21.5. The summed E-state index contributed by atoms with van der Waals surface area (Å²) < 4.78 is 0. The Morgan fingerprint density at radius 1 is 0.923 bits per heavy atom. The maximum absolute atomic E-state index is 12.7. The minimum absolute atomic E-state index is 0.0440. The van der Waals surface area contributed by atoms with Crippen LogP contribution in [0.25, 0.3) is 0 Å². The third-order valence-corrected chi connectivity index (χ3v) is 4.08. The van der Waals surface area contributed by atoms with Crippen LogP contribution in [-0.4, -0.2) is 45.8 Å². The Hall–Kier alpha value is -2.58. The highest BCUT2D eigenvalue weighted by molar-refractivity contribution is 6.37. The van der Waals surface area contributed by atoms with Crippen LogP contribution < -0.4 is 11.5 Å². The van der Waals surface area contributed by atoms with Crippen molar-refractivity contribution < 1.29 is 29.4 Å². The molecule has 0 aliphatic carbocycles. The lowest BCUT2D eigenvalue weighted by Gasteiger charge is -2.28. The molecule has 0 spiro atoms. The molecule has 0 heterocycles.